The average molecular weight is 260 g/mol. The van der Waals surface area contributed by atoms with Crippen molar-refractivity contribution < 1.29 is 4.79 Å². The average Bonchev–Trinajstić information content (AvgIpc) is 2.38. The van der Waals surface area contributed by atoms with Crippen LogP contribution in [0.5, 0.6) is 0 Å². The maximum absolute atomic E-state index is 12.0. The van der Waals surface area contributed by atoms with Gasteiger partial charge in [0, 0.05) is 37.3 Å². The second kappa shape index (κ2) is 5.64. The van der Waals surface area contributed by atoms with Crippen molar-refractivity contribution in [1.29, 1.82) is 0 Å². The zero-order valence-corrected chi connectivity index (χ0v) is 12.4. The van der Waals surface area contributed by atoms with Crippen LogP contribution in [-0.2, 0) is 4.79 Å². The van der Waals surface area contributed by atoms with E-state index in [0.29, 0.717) is 6.42 Å². The number of aryl methyl sites for hydroxylation is 1. The Kier molecular flexibility index (Phi) is 4.13. The normalized spacial score (nSPS) is 23.6. The Hall–Kier alpha value is -1.51. The number of rotatable bonds is 2. The van der Waals surface area contributed by atoms with Gasteiger partial charge in [-0.05, 0) is 32.9 Å². The SMILES string of the molecule is CCC(=O)N1[C@H](C)CN(c2ccc(C)cc2)C[C@@H]1C. The van der Waals surface area contributed by atoms with Crippen molar-refractivity contribution in [3.8, 4) is 0 Å². The van der Waals surface area contributed by atoms with Crippen LogP contribution in [0, 0.1) is 6.92 Å². The number of piperazine rings is 1. The summed E-state index contributed by atoms with van der Waals surface area (Å²) in [5, 5.41) is 0. The number of carbonyl (C=O) groups is 1. The predicted molar refractivity (Wildman–Crippen MR) is 79.5 cm³/mol. The molecule has 1 aromatic rings. The summed E-state index contributed by atoms with van der Waals surface area (Å²) < 4.78 is 0. The minimum Gasteiger partial charge on any atom is -0.367 e. The number of hydrogen-bond donors (Lipinski definition) is 0. The molecule has 1 aliphatic heterocycles. The molecule has 1 heterocycles. The fourth-order valence-electron chi connectivity index (χ4n) is 2.96. The molecule has 0 N–H and O–H groups in total. The van der Waals surface area contributed by atoms with Gasteiger partial charge in [-0.25, -0.2) is 0 Å². The number of nitrogens with zero attached hydrogens (tertiary/aromatic N) is 2. The van der Waals surface area contributed by atoms with Crippen LogP contribution in [0.15, 0.2) is 24.3 Å². The third-order valence-electron chi connectivity index (χ3n) is 3.91. The van der Waals surface area contributed by atoms with Gasteiger partial charge in [0.05, 0.1) is 0 Å². The van der Waals surface area contributed by atoms with Crippen LogP contribution < -0.4 is 4.90 Å². The minimum absolute atomic E-state index is 0.267. The first-order valence-corrected chi connectivity index (χ1v) is 7.15. The molecule has 1 fully saturated rings. The summed E-state index contributed by atoms with van der Waals surface area (Å²) in [6.45, 7) is 10.2. The molecule has 3 nitrogen and oxygen atoms in total. The Labute approximate surface area is 116 Å². The van der Waals surface area contributed by atoms with E-state index in [0.717, 1.165) is 13.1 Å². The van der Waals surface area contributed by atoms with Gasteiger partial charge in [0.25, 0.3) is 0 Å². The first-order chi connectivity index (χ1) is 9.02. The molecule has 104 valence electrons. The number of anilines is 1. The van der Waals surface area contributed by atoms with Gasteiger partial charge in [-0.15, -0.1) is 0 Å². The predicted octanol–water partition coefficient (Wildman–Crippen LogP) is 2.83. The fourth-order valence-corrected chi connectivity index (χ4v) is 2.96. The molecule has 2 atom stereocenters. The zero-order valence-electron chi connectivity index (χ0n) is 12.4. The monoisotopic (exact) mass is 260 g/mol. The Bertz CT molecular complexity index is 429. The Balaban J connectivity index is 2.13. The van der Waals surface area contributed by atoms with E-state index in [9.17, 15) is 4.79 Å². The number of hydrogen-bond acceptors (Lipinski definition) is 2. The summed E-state index contributed by atoms with van der Waals surface area (Å²) in [5.41, 5.74) is 2.54. The Morgan fingerprint density at radius 2 is 1.68 bits per heavy atom. The smallest absolute Gasteiger partial charge is 0.222 e. The minimum atomic E-state index is 0.267. The third-order valence-corrected chi connectivity index (χ3v) is 3.91. The lowest BCUT2D eigenvalue weighted by atomic mass is 10.1. The largest absolute Gasteiger partial charge is 0.367 e. The van der Waals surface area contributed by atoms with Crippen LogP contribution in [0.2, 0.25) is 0 Å². The maximum Gasteiger partial charge on any atom is 0.222 e. The lowest BCUT2D eigenvalue weighted by Gasteiger charge is -2.45. The van der Waals surface area contributed by atoms with E-state index in [1.165, 1.54) is 11.3 Å². The van der Waals surface area contributed by atoms with Crippen LogP contribution in [-0.4, -0.2) is 36.0 Å². The number of carbonyl (C=O) groups excluding carboxylic acids is 1. The zero-order chi connectivity index (χ0) is 14.0. The molecule has 3 heteroatoms. The van der Waals surface area contributed by atoms with E-state index in [4.69, 9.17) is 0 Å². The molecule has 0 aromatic heterocycles. The van der Waals surface area contributed by atoms with E-state index in [-0.39, 0.29) is 18.0 Å². The highest BCUT2D eigenvalue weighted by Gasteiger charge is 2.31. The molecule has 0 saturated carbocycles. The summed E-state index contributed by atoms with van der Waals surface area (Å²) in [4.78, 5) is 16.4. The molecule has 0 radical (unpaired) electrons. The summed E-state index contributed by atoms with van der Waals surface area (Å²) >= 11 is 0. The van der Waals surface area contributed by atoms with Gasteiger partial charge in [0.15, 0.2) is 0 Å². The lowest BCUT2D eigenvalue weighted by Crippen LogP contribution is -2.58. The third kappa shape index (κ3) is 2.91. The molecule has 19 heavy (non-hydrogen) atoms. The second-order valence-electron chi connectivity index (χ2n) is 5.59. The Morgan fingerprint density at radius 3 is 2.16 bits per heavy atom. The van der Waals surface area contributed by atoms with E-state index >= 15 is 0 Å². The molecule has 1 aliphatic rings. The highest BCUT2D eigenvalue weighted by Crippen LogP contribution is 2.23. The summed E-state index contributed by atoms with van der Waals surface area (Å²) in [6, 6.07) is 9.19. The van der Waals surface area contributed by atoms with E-state index < -0.39 is 0 Å². The molecule has 2 rings (SSSR count). The van der Waals surface area contributed by atoms with Gasteiger partial charge in [0.2, 0.25) is 5.91 Å². The summed E-state index contributed by atoms with van der Waals surface area (Å²) in [5.74, 6) is 0.267. The van der Waals surface area contributed by atoms with Crippen molar-refractivity contribution in [2.45, 2.75) is 46.2 Å². The van der Waals surface area contributed by atoms with E-state index in [2.05, 4.69) is 49.9 Å². The molecule has 0 spiro atoms. The number of benzene rings is 1. The first kappa shape index (κ1) is 13.9. The molecule has 1 saturated heterocycles. The first-order valence-electron chi connectivity index (χ1n) is 7.15. The summed E-state index contributed by atoms with van der Waals surface area (Å²) in [7, 11) is 0. The summed E-state index contributed by atoms with van der Waals surface area (Å²) in [6.07, 6.45) is 0.596. The van der Waals surface area contributed by atoms with Crippen molar-refractivity contribution in [3.05, 3.63) is 29.8 Å². The highest BCUT2D eigenvalue weighted by molar-refractivity contribution is 5.77. The van der Waals surface area contributed by atoms with Crippen molar-refractivity contribution in [2.75, 3.05) is 18.0 Å². The van der Waals surface area contributed by atoms with Gasteiger partial charge in [0.1, 0.15) is 0 Å². The number of amides is 1. The quantitative estimate of drug-likeness (QED) is 0.816. The van der Waals surface area contributed by atoms with Crippen molar-refractivity contribution in [3.63, 3.8) is 0 Å². The van der Waals surface area contributed by atoms with E-state index in [1.807, 2.05) is 11.8 Å². The molecular weight excluding hydrogens is 236 g/mol. The van der Waals surface area contributed by atoms with Gasteiger partial charge in [-0.3, -0.25) is 4.79 Å². The van der Waals surface area contributed by atoms with Crippen molar-refractivity contribution in [1.82, 2.24) is 4.90 Å². The molecule has 0 bridgehead atoms. The van der Waals surface area contributed by atoms with Crippen LogP contribution in [0.1, 0.15) is 32.8 Å². The standard InChI is InChI=1S/C16H24N2O/c1-5-16(19)18-13(3)10-17(11-14(18)4)15-8-6-12(2)7-9-15/h6-9,13-14H,5,10-11H2,1-4H3/t13-,14+. The maximum atomic E-state index is 12.0. The second-order valence-corrected chi connectivity index (χ2v) is 5.59. The van der Waals surface area contributed by atoms with E-state index in [1.54, 1.807) is 0 Å². The molecule has 0 aliphatic carbocycles. The highest BCUT2D eigenvalue weighted by atomic mass is 16.2. The van der Waals surface area contributed by atoms with Gasteiger partial charge in [-0.1, -0.05) is 24.6 Å². The van der Waals surface area contributed by atoms with Crippen molar-refractivity contribution >= 4 is 11.6 Å². The topological polar surface area (TPSA) is 23.6 Å². The van der Waals surface area contributed by atoms with Crippen LogP contribution in [0.4, 0.5) is 5.69 Å². The Morgan fingerprint density at radius 1 is 1.16 bits per heavy atom. The van der Waals surface area contributed by atoms with Crippen LogP contribution in [0.3, 0.4) is 0 Å². The van der Waals surface area contributed by atoms with Gasteiger partial charge < -0.3 is 9.80 Å². The fraction of sp³-hybridized carbons (Fsp3) is 0.562. The van der Waals surface area contributed by atoms with Gasteiger partial charge >= 0.3 is 0 Å². The van der Waals surface area contributed by atoms with Crippen LogP contribution >= 0.6 is 0 Å². The molecule has 1 aromatic carbocycles. The lowest BCUT2D eigenvalue weighted by molar-refractivity contribution is -0.135. The molecular formula is C16H24N2O. The molecule has 1 amide bonds. The van der Waals surface area contributed by atoms with Crippen LogP contribution in [0.25, 0.3) is 0 Å². The van der Waals surface area contributed by atoms with Crippen molar-refractivity contribution in [2.24, 2.45) is 0 Å². The molecule has 0 unspecified atom stereocenters. The van der Waals surface area contributed by atoms with Gasteiger partial charge in [-0.2, -0.15) is 0 Å².